The van der Waals surface area contributed by atoms with E-state index in [4.69, 9.17) is 0 Å². The first-order chi connectivity index (χ1) is 15.6. The highest BCUT2D eigenvalue weighted by Crippen LogP contribution is 2.24. The Morgan fingerprint density at radius 3 is 2.44 bits per heavy atom. The zero-order valence-corrected chi connectivity index (χ0v) is 19.1. The van der Waals surface area contributed by atoms with E-state index in [-0.39, 0.29) is 11.8 Å². The van der Waals surface area contributed by atoms with Crippen LogP contribution >= 0.6 is 0 Å². The summed E-state index contributed by atoms with van der Waals surface area (Å²) >= 11 is 0. The lowest BCUT2D eigenvalue weighted by Gasteiger charge is -2.32. The number of nitrogens with zero attached hydrogens (tertiary/aromatic N) is 3. The highest BCUT2D eigenvalue weighted by atomic mass is 16.1. The normalized spacial score (nSPS) is 16.1. The van der Waals surface area contributed by atoms with Crippen molar-refractivity contribution in [3.8, 4) is 11.1 Å². The molecule has 1 N–H and O–H groups in total. The number of nitrogens with one attached hydrogen (secondary N) is 1. The Kier molecular flexibility index (Phi) is 7.15. The molecule has 166 valence electrons. The van der Waals surface area contributed by atoms with Crippen LogP contribution in [0, 0.1) is 12.8 Å². The molecule has 4 rings (SSSR count). The molecule has 0 bridgehead atoms. The van der Waals surface area contributed by atoms with Gasteiger partial charge in [-0.15, -0.1) is 0 Å². The number of amides is 1. The Balaban J connectivity index is 1.36. The molecule has 32 heavy (non-hydrogen) atoms. The number of anilines is 2. The fraction of sp³-hybridized carbons (Fsp3) is 0.370. The highest BCUT2D eigenvalue weighted by molar-refractivity contribution is 5.93. The number of unbranched alkanes of at least 4 members (excludes halogenated alkanes) is 1. The summed E-state index contributed by atoms with van der Waals surface area (Å²) in [5.74, 6) is 0.704. The lowest BCUT2D eigenvalue weighted by molar-refractivity contribution is -0.120. The number of aromatic nitrogens is 2. The topological polar surface area (TPSA) is 58.1 Å². The summed E-state index contributed by atoms with van der Waals surface area (Å²) in [4.78, 5) is 24.2. The number of rotatable bonds is 7. The zero-order chi connectivity index (χ0) is 22.3. The second-order valence-electron chi connectivity index (χ2n) is 8.71. The van der Waals surface area contributed by atoms with Crippen molar-refractivity contribution < 1.29 is 4.79 Å². The van der Waals surface area contributed by atoms with E-state index in [1.807, 2.05) is 24.5 Å². The van der Waals surface area contributed by atoms with E-state index in [1.165, 1.54) is 24.0 Å². The summed E-state index contributed by atoms with van der Waals surface area (Å²) in [6.45, 7) is 5.80. The first kappa shape index (κ1) is 22.0. The van der Waals surface area contributed by atoms with Crippen LogP contribution < -0.4 is 10.2 Å². The molecule has 5 heteroatoms. The van der Waals surface area contributed by atoms with Crippen molar-refractivity contribution >= 4 is 17.5 Å². The molecule has 1 saturated heterocycles. The van der Waals surface area contributed by atoms with Gasteiger partial charge in [0.2, 0.25) is 11.9 Å². The van der Waals surface area contributed by atoms with E-state index in [0.29, 0.717) is 12.5 Å². The van der Waals surface area contributed by atoms with Gasteiger partial charge < -0.3 is 10.2 Å². The standard InChI is InChI=1S/C27H32N4O/c1-3-4-6-21-10-14-25(15-11-21)30-26(32)23-7-5-16-31(19-23)27-28-17-24(18-29-27)22-12-8-20(2)9-13-22/h8-15,17-18,23H,3-7,16,19H2,1-2H3,(H,30,32). The Hall–Kier alpha value is -3.21. The molecule has 0 spiro atoms. The van der Waals surface area contributed by atoms with Gasteiger partial charge in [-0.3, -0.25) is 4.79 Å². The Bertz CT molecular complexity index is 1010. The van der Waals surface area contributed by atoms with Gasteiger partial charge in [0, 0.05) is 36.7 Å². The molecular weight excluding hydrogens is 396 g/mol. The lowest BCUT2D eigenvalue weighted by Crippen LogP contribution is -2.41. The molecule has 1 aromatic heterocycles. The summed E-state index contributed by atoms with van der Waals surface area (Å²) < 4.78 is 0. The largest absolute Gasteiger partial charge is 0.340 e. The number of aryl methyl sites for hydroxylation is 2. The summed E-state index contributed by atoms with van der Waals surface area (Å²) in [6.07, 6.45) is 9.06. The maximum absolute atomic E-state index is 12.9. The minimum atomic E-state index is -0.0658. The number of piperidine rings is 1. The van der Waals surface area contributed by atoms with Crippen LogP contribution in [0.25, 0.3) is 11.1 Å². The molecule has 1 unspecified atom stereocenters. The van der Waals surface area contributed by atoms with Crippen LogP contribution in [-0.2, 0) is 11.2 Å². The highest BCUT2D eigenvalue weighted by Gasteiger charge is 2.27. The third-order valence-electron chi connectivity index (χ3n) is 6.14. The predicted molar refractivity (Wildman–Crippen MR) is 131 cm³/mol. The van der Waals surface area contributed by atoms with Gasteiger partial charge in [0.05, 0.1) is 5.92 Å². The molecule has 1 fully saturated rings. The second kappa shape index (κ2) is 10.4. The molecule has 2 aromatic carbocycles. The van der Waals surface area contributed by atoms with Crippen molar-refractivity contribution in [2.45, 2.75) is 46.0 Å². The monoisotopic (exact) mass is 428 g/mol. The fourth-order valence-corrected chi connectivity index (χ4v) is 4.13. The number of hydrogen-bond acceptors (Lipinski definition) is 4. The van der Waals surface area contributed by atoms with E-state index in [9.17, 15) is 4.79 Å². The third-order valence-corrected chi connectivity index (χ3v) is 6.14. The molecule has 2 heterocycles. The first-order valence-electron chi connectivity index (χ1n) is 11.7. The Morgan fingerprint density at radius 1 is 1.03 bits per heavy atom. The van der Waals surface area contributed by atoms with Crippen molar-refractivity contribution in [2.24, 2.45) is 5.92 Å². The van der Waals surface area contributed by atoms with Crippen LogP contribution in [0.2, 0.25) is 0 Å². The zero-order valence-electron chi connectivity index (χ0n) is 19.1. The lowest BCUT2D eigenvalue weighted by atomic mass is 9.97. The van der Waals surface area contributed by atoms with Crippen LogP contribution in [0.15, 0.2) is 60.9 Å². The van der Waals surface area contributed by atoms with E-state index in [2.05, 4.69) is 70.4 Å². The van der Waals surface area contributed by atoms with Crippen LogP contribution in [0.4, 0.5) is 11.6 Å². The van der Waals surface area contributed by atoms with Crippen molar-refractivity contribution in [1.82, 2.24) is 9.97 Å². The van der Waals surface area contributed by atoms with Crippen molar-refractivity contribution in [2.75, 3.05) is 23.3 Å². The van der Waals surface area contributed by atoms with Gasteiger partial charge in [-0.25, -0.2) is 9.97 Å². The molecule has 3 aromatic rings. The maximum atomic E-state index is 12.9. The minimum absolute atomic E-state index is 0.0658. The summed E-state index contributed by atoms with van der Waals surface area (Å²) in [7, 11) is 0. The van der Waals surface area contributed by atoms with Gasteiger partial charge in [0.15, 0.2) is 0 Å². The molecule has 1 atom stereocenters. The molecule has 1 aliphatic heterocycles. The molecule has 1 aliphatic rings. The summed E-state index contributed by atoms with van der Waals surface area (Å²) in [6, 6.07) is 16.6. The average Bonchev–Trinajstić information content (AvgIpc) is 2.84. The van der Waals surface area contributed by atoms with Crippen LogP contribution in [0.3, 0.4) is 0 Å². The summed E-state index contributed by atoms with van der Waals surface area (Å²) in [5, 5.41) is 3.10. The second-order valence-corrected chi connectivity index (χ2v) is 8.71. The number of carbonyl (C=O) groups excluding carboxylic acids is 1. The predicted octanol–water partition coefficient (Wildman–Crippen LogP) is 5.65. The van der Waals surface area contributed by atoms with Gasteiger partial charge in [-0.05, 0) is 55.9 Å². The van der Waals surface area contributed by atoms with Crippen molar-refractivity contribution in [3.63, 3.8) is 0 Å². The van der Waals surface area contributed by atoms with Gasteiger partial charge >= 0.3 is 0 Å². The van der Waals surface area contributed by atoms with Crippen molar-refractivity contribution in [3.05, 3.63) is 72.1 Å². The molecule has 5 nitrogen and oxygen atoms in total. The number of carbonyl (C=O) groups is 1. The van der Waals surface area contributed by atoms with Crippen LogP contribution in [-0.4, -0.2) is 29.0 Å². The Labute approximate surface area is 190 Å². The average molecular weight is 429 g/mol. The number of hydrogen-bond donors (Lipinski definition) is 1. The van der Waals surface area contributed by atoms with Gasteiger partial charge in [-0.2, -0.15) is 0 Å². The minimum Gasteiger partial charge on any atom is -0.340 e. The van der Waals surface area contributed by atoms with Crippen LogP contribution in [0.5, 0.6) is 0 Å². The van der Waals surface area contributed by atoms with E-state index < -0.39 is 0 Å². The molecule has 0 aliphatic carbocycles. The molecule has 1 amide bonds. The van der Waals surface area contributed by atoms with E-state index in [1.54, 1.807) is 0 Å². The quantitative estimate of drug-likeness (QED) is 0.528. The molecule has 0 saturated carbocycles. The molecular formula is C27H32N4O. The van der Waals surface area contributed by atoms with Gasteiger partial charge in [0.1, 0.15) is 0 Å². The SMILES string of the molecule is CCCCc1ccc(NC(=O)C2CCCN(c3ncc(-c4ccc(C)cc4)cn3)C2)cc1. The van der Waals surface area contributed by atoms with E-state index in [0.717, 1.165) is 42.6 Å². The third kappa shape index (κ3) is 5.52. The summed E-state index contributed by atoms with van der Waals surface area (Å²) in [5.41, 5.74) is 5.53. The first-order valence-corrected chi connectivity index (χ1v) is 11.7. The van der Waals surface area contributed by atoms with Crippen LogP contribution in [0.1, 0.15) is 43.7 Å². The smallest absolute Gasteiger partial charge is 0.229 e. The Morgan fingerprint density at radius 2 is 1.75 bits per heavy atom. The molecule has 0 radical (unpaired) electrons. The van der Waals surface area contributed by atoms with E-state index >= 15 is 0 Å². The van der Waals surface area contributed by atoms with Gasteiger partial charge in [-0.1, -0.05) is 55.3 Å². The number of benzene rings is 2. The fourth-order valence-electron chi connectivity index (χ4n) is 4.13. The van der Waals surface area contributed by atoms with Crippen molar-refractivity contribution in [1.29, 1.82) is 0 Å². The van der Waals surface area contributed by atoms with Gasteiger partial charge in [0.25, 0.3) is 0 Å². The maximum Gasteiger partial charge on any atom is 0.229 e.